The van der Waals surface area contributed by atoms with Gasteiger partial charge < -0.3 is 14.5 Å². The van der Waals surface area contributed by atoms with Crippen molar-refractivity contribution < 1.29 is 18.7 Å². The zero-order valence-electron chi connectivity index (χ0n) is 15.0. The molecule has 2 heterocycles. The fourth-order valence-corrected chi connectivity index (χ4v) is 4.56. The summed E-state index contributed by atoms with van der Waals surface area (Å²) in [4.78, 5) is 26.0. The van der Waals surface area contributed by atoms with Crippen LogP contribution in [0, 0.1) is 5.92 Å². The first-order chi connectivity index (χ1) is 12.6. The van der Waals surface area contributed by atoms with Crippen molar-refractivity contribution in [2.45, 2.75) is 39.5 Å². The number of anilines is 1. The van der Waals surface area contributed by atoms with Crippen LogP contribution >= 0.6 is 11.3 Å². The number of furan rings is 1. The molecule has 2 aromatic heterocycles. The highest BCUT2D eigenvalue weighted by Crippen LogP contribution is 2.40. The number of carbonyl (C=O) groups excluding carboxylic acids is 2. The molecule has 1 atom stereocenters. The summed E-state index contributed by atoms with van der Waals surface area (Å²) >= 11 is 1.50. The molecule has 138 valence electrons. The smallest absolute Gasteiger partial charge is 0.341 e. The molecule has 0 saturated carbocycles. The summed E-state index contributed by atoms with van der Waals surface area (Å²) in [5, 5.41) is 3.44. The lowest BCUT2D eigenvalue weighted by atomic mass is 9.85. The average Bonchev–Trinajstić information content (AvgIpc) is 3.26. The topological polar surface area (TPSA) is 68.5 Å². The number of nitrogens with one attached hydrogen (secondary N) is 1. The van der Waals surface area contributed by atoms with E-state index in [4.69, 9.17) is 9.15 Å². The van der Waals surface area contributed by atoms with Crippen LogP contribution < -0.4 is 5.32 Å². The molecule has 2 aromatic rings. The van der Waals surface area contributed by atoms with Gasteiger partial charge in [-0.25, -0.2) is 4.79 Å². The summed E-state index contributed by atoms with van der Waals surface area (Å²) in [5.74, 6) is 0.587. The minimum Gasteiger partial charge on any atom is -0.465 e. The highest BCUT2D eigenvalue weighted by molar-refractivity contribution is 7.17. The molecule has 0 aromatic carbocycles. The van der Waals surface area contributed by atoms with Crippen LogP contribution in [0.25, 0.3) is 6.08 Å². The number of hydrogen-bond acceptors (Lipinski definition) is 5. The van der Waals surface area contributed by atoms with E-state index in [2.05, 4.69) is 12.2 Å². The second kappa shape index (κ2) is 8.36. The zero-order valence-corrected chi connectivity index (χ0v) is 15.9. The van der Waals surface area contributed by atoms with E-state index in [0.29, 0.717) is 28.8 Å². The fraction of sp³-hybridized carbons (Fsp3) is 0.400. The minimum absolute atomic E-state index is 0.294. The van der Waals surface area contributed by atoms with E-state index in [1.54, 1.807) is 31.4 Å². The molecule has 0 bridgehead atoms. The van der Waals surface area contributed by atoms with E-state index < -0.39 is 0 Å². The van der Waals surface area contributed by atoms with E-state index in [1.807, 2.05) is 0 Å². The van der Waals surface area contributed by atoms with Gasteiger partial charge in [0.2, 0.25) is 5.91 Å². The first-order valence-corrected chi connectivity index (χ1v) is 9.78. The number of amides is 1. The molecule has 0 aliphatic heterocycles. The highest BCUT2D eigenvalue weighted by atomic mass is 32.1. The third kappa shape index (κ3) is 4.07. The van der Waals surface area contributed by atoms with Crippen molar-refractivity contribution in [1.29, 1.82) is 0 Å². The second-order valence-electron chi connectivity index (χ2n) is 6.28. The van der Waals surface area contributed by atoms with E-state index in [0.717, 1.165) is 31.2 Å². The zero-order chi connectivity index (χ0) is 18.5. The quantitative estimate of drug-likeness (QED) is 0.589. The molecule has 6 heteroatoms. The van der Waals surface area contributed by atoms with E-state index in [1.165, 1.54) is 22.3 Å². The Morgan fingerprint density at radius 2 is 2.27 bits per heavy atom. The Bertz CT molecular complexity index is 804. The van der Waals surface area contributed by atoms with Crippen LogP contribution in [0.4, 0.5) is 5.00 Å². The predicted molar refractivity (Wildman–Crippen MR) is 102 cm³/mol. The number of hydrogen-bond donors (Lipinski definition) is 1. The van der Waals surface area contributed by atoms with Crippen molar-refractivity contribution in [2.24, 2.45) is 5.92 Å². The van der Waals surface area contributed by atoms with Crippen molar-refractivity contribution in [3.63, 3.8) is 0 Å². The third-order valence-electron chi connectivity index (χ3n) is 4.60. The van der Waals surface area contributed by atoms with Crippen molar-refractivity contribution >= 4 is 34.3 Å². The largest absolute Gasteiger partial charge is 0.465 e. The number of esters is 1. The molecule has 1 amide bonds. The molecule has 0 fully saturated rings. The monoisotopic (exact) mass is 373 g/mol. The van der Waals surface area contributed by atoms with Gasteiger partial charge in [0, 0.05) is 11.0 Å². The molecule has 1 aliphatic rings. The first kappa shape index (κ1) is 18.5. The Kier molecular flexibility index (Phi) is 5.93. The van der Waals surface area contributed by atoms with Gasteiger partial charge in [0.15, 0.2) is 0 Å². The summed E-state index contributed by atoms with van der Waals surface area (Å²) in [7, 11) is 0. The van der Waals surface area contributed by atoms with Gasteiger partial charge in [-0.15, -0.1) is 11.3 Å². The molecule has 3 rings (SSSR count). The van der Waals surface area contributed by atoms with E-state index >= 15 is 0 Å². The summed E-state index contributed by atoms with van der Waals surface area (Å²) in [6, 6.07) is 3.52. The minimum atomic E-state index is -0.356. The standard InChI is InChI=1S/C20H23NO4S/c1-3-13-7-9-15-16(12-13)26-19(18(15)20(23)24-4-2)21-17(22)10-8-14-6-5-11-25-14/h5-6,8,10-11,13H,3-4,7,9,12H2,1-2H3,(H,21,22). The van der Waals surface area contributed by atoms with Crippen LogP contribution in [-0.4, -0.2) is 18.5 Å². The average molecular weight is 373 g/mol. The number of fused-ring (bicyclic) bond motifs is 1. The van der Waals surface area contributed by atoms with Crippen molar-refractivity contribution in [3.8, 4) is 0 Å². The van der Waals surface area contributed by atoms with Crippen molar-refractivity contribution in [2.75, 3.05) is 11.9 Å². The number of rotatable bonds is 6. The Labute approximate surface area is 157 Å². The predicted octanol–water partition coefficient (Wildman–Crippen LogP) is 4.68. The summed E-state index contributed by atoms with van der Waals surface area (Å²) in [5.41, 5.74) is 1.57. The number of carbonyl (C=O) groups is 2. The van der Waals surface area contributed by atoms with Crippen LogP contribution in [0.3, 0.4) is 0 Å². The summed E-state index contributed by atoms with van der Waals surface area (Å²) in [6.45, 7) is 4.29. The number of ether oxygens (including phenoxy) is 1. The van der Waals surface area contributed by atoms with Crippen LogP contribution in [0.15, 0.2) is 28.9 Å². The molecule has 1 N–H and O–H groups in total. The van der Waals surface area contributed by atoms with Gasteiger partial charge in [-0.2, -0.15) is 0 Å². The lowest BCUT2D eigenvalue weighted by Crippen LogP contribution is -2.16. The molecule has 5 nitrogen and oxygen atoms in total. The molecule has 0 saturated heterocycles. The highest BCUT2D eigenvalue weighted by Gasteiger charge is 2.29. The molecule has 1 aliphatic carbocycles. The normalized spacial score (nSPS) is 16.5. The molecule has 26 heavy (non-hydrogen) atoms. The maximum Gasteiger partial charge on any atom is 0.341 e. The van der Waals surface area contributed by atoms with Crippen LogP contribution in [0.2, 0.25) is 0 Å². The number of thiophene rings is 1. The van der Waals surface area contributed by atoms with Gasteiger partial charge in [0.05, 0.1) is 18.4 Å². The Balaban J connectivity index is 1.84. The van der Waals surface area contributed by atoms with Crippen molar-refractivity contribution in [1.82, 2.24) is 0 Å². The maximum absolute atomic E-state index is 12.5. The Hall–Kier alpha value is -2.34. The van der Waals surface area contributed by atoms with Gasteiger partial charge in [0.25, 0.3) is 0 Å². The van der Waals surface area contributed by atoms with E-state index in [9.17, 15) is 9.59 Å². The summed E-state index contributed by atoms with van der Waals surface area (Å²) < 4.78 is 10.4. The molecular weight excluding hydrogens is 350 g/mol. The molecular formula is C20H23NO4S. The Morgan fingerprint density at radius 1 is 1.42 bits per heavy atom. The van der Waals surface area contributed by atoms with Gasteiger partial charge in [-0.3, -0.25) is 4.79 Å². The van der Waals surface area contributed by atoms with E-state index in [-0.39, 0.29) is 11.9 Å². The lowest BCUT2D eigenvalue weighted by molar-refractivity contribution is -0.111. The fourth-order valence-electron chi connectivity index (χ4n) is 3.21. The SMILES string of the molecule is CCOC(=O)c1c(NC(=O)C=Cc2ccco2)sc2c1CCC(CC)C2. The third-order valence-corrected chi connectivity index (χ3v) is 5.77. The second-order valence-corrected chi connectivity index (χ2v) is 7.39. The van der Waals surface area contributed by atoms with Crippen LogP contribution in [0.5, 0.6) is 0 Å². The van der Waals surface area contributed by atoms with Gasteiger partial charge in [-0.05, 0) is 55.9 Å². The Morgan fingerprint density at radius 3 is 2.96 bits per heavy atom. The van der Waals surface area contributed by atoms with Gasteiger partial charge >= 0.3 is 5.97 Å². The van der Waals surface area contributed by atoms with Crippen LogP contribution in [-0.2, 0) is 22.4 Å². The van der Waals surface area contributed by atoms with Gasteiger partial charge in [0.1, 0.15) is 10.8 Å². The van der Waals surface area contributed by atoms with Crippen molar-refractivity contribution in [3.05, 3.63) is 46.2 Å². The van der Waals surface area contributed by atoms with Gasteiger partial charge in [-0.1, -0.05) is 13.3 Å². The first-order valence-electron chi connectivity index (χ1n) is 8.96. The molecule has 0 spiro atoms. The maximum atomic E-state index is 12.5. The lowest BCUT2D eigenvalue weighted by Gasteiger charge is -2.20. The van der Waals surface area contributed by atoms with Crippen LogP contribution in [0.1, 0.15) is 53.2 Å². The molecule has 1 unspecified atom stereocenters. The summed E-state index contributed by atoms with van der Waals surface area (Å²) in [6.07, 6.45) is 8.56. The molecule has 0 radical (unpaired) electrons.